The zero-order valence-electron chi connectivity index (χ0n) is 10.7. The Morgan fingerprint density at radius 2 is 2.10 bits per heavy atom. The SMILES string of the molecule is NC1CC(=O)N(C(Cc2ccc(O)c(O)c2)C(=O)O)C1. The van der Waals surface area contributed by atoms with E-state index in [2.05, 4.69) is 0 Å². The Hall–Kier alpha value is -2.28. The third kappa shape index (κ3) is 2.83. The first-order valence-corrected chi connectivity index (χ1v) is 6.17. The van der Waals surface area contributed by atoms with Crippen LogP contribution in [0.1, 0.15) is 12.0 Å². The molecule has 1 aromatic carbocycles. The van der Waals surface area contributed by atoms with Crippen LogP contribution in [0.4, 0.5) is 0 Å². The van der Waals surface area contributed by atoms with Crippen molar-refractivity contribution in [2.24, 2.45) is 5.73 Å². The molecule has 1 amide bonds. The lowest BCUT2D eigenvalue weighted by molar-refractivity contribution is -0.148. The average Bonchev–Trinajstić information content (AvgIpc) is 2.69. The largest absolute Gasteiger partial charge is 0.504 e. The normalized spacial score (nSPS) is 20.1. The van der Waals surface area contributed by atoms with Crippen molar-refractivity contribution in [2.75, 3.05) is 6.54 Å². The molecule has 1 saturated heterocycles. The van der Waals surface area contributed by atoms with Gasteiger partial charge in [0.1, 0.15) is 6.04 Å². The Balaban J connectivity index is 2.19. The highest BCUT2D eigenvalue weighted by molar-refractivity contribution is 5.85. The van der Waals surface area contributed by atoms with Crippen molar-refractivity contribution < 1.29 is 24.9 Å². The molecule has 0 aliphatic carbocycles. The number of carboxylic acids is 1. The van der Waals surface area contributed by atoms with E-state index in [0.717, 1.165) is 0 Å². The van der Waals surface area contributed by atoms with Gasteiger partial charge in [-0.1, -0.05) is 6.07 Å². The molecule has 1 heterocycles. The minimum Gasteiger partial charge on any atom is -0.504 e. The number of rotatable bonds is 4. The Bertz CT molecular complexity index is 546. The summed E-state index contributed by atoms with van der Waals surface area (Å²) >= 11 is 0. The van der Waals surface area contributed by atoms with Gasteiger partial charge in [0, 0.05) is 25.4 Å². The molecule has 5 N–H and O–H groups in total. The first-order valence-electron chi connectivity index (χ1n) is 6.17. The zero-order valence-corrected chi connectivity index (χ0v) is 10.7. The second-order valence-corrected chi connectivity index (χ2v) is 4.89. The molecule has 0 aromatic heterocycles. The van der Waals surface area contributed by atoms with Gasteiger partial charge in [-0.05, 0) is 17.7 Å². The van der Waals surface area contributed by atoms with Crippen molar-refractivity contribution in [3.63, 3.8) is 0 Å². The number of aliphatic carboxylic acids is 1. The summed E-state index contributed by atoms with van der Waals surface area (Å²) in [5.74, 6) is -2.01. The molecule has 2 unspecified atom stereocenters. The second kappa shape index (κ2) is 5.38. The molecule has 0 saturated carbocycles. The van der Waals surface area contributed by atoms with Crippen LogP contribution in [0.2, 0.25) is 0 Å². The highest BCUT2D eigenvalue weighted by Gasteiger charge is 2.36. The number of phenolic OH excluding ortho intramolecular Hbond substituents is 2. The van der Waals surface area contributed by atoms with Gasteiger partial charge >= 0.3 is 5.97 Å². The van der Waals surface area contributed by atoms with Gasteiger partial charge in [0.25, 0.3) is 0 Å². The molecule has 1 aliphatic heterocycles. The molecule has 7 nitrogen and oxygen atoms in total. The first kappa shape index (κ1) is 14.1. The summed E-state index contributed by atoms with van der Waals surface area (Å²) in [6.07, 6.45) is 0.187. The number of carboxylic acid groups (broad SMARTS) is 1. The molecule has 2 rings (SSSR count). The third-order valence-corrected chi connectivity index (χ3v) is 3.32. The summed E-state index contributed by atoms with van der Waals surface area (Å²) < 4.78 is 0. The van der Waals surface area contributed by atoms with Crippen LogP contribution < -0.4 is 5.73 Å². The Labute approximate surface area is 115 Å². The summed E-state index contributed by atoms with van der Waals surface area (Å²) in [6.45, 7) is 0.208. The number of aromatic hydroxyl groups is 2. The quantitative estimate of drug-likeness (QED) is 0.559. The molecule has 0 spiro atoms. The summed E-state index contributed by atoms with van der Waals surface area (Å²) in [5, 5.41) is 27.9. The minimum atomic E-state index is -1.12. The van der Waals surface area contributed by atoms with E-state index in [9.17, 15) is 24.9 Å². The van der Waals surface area contributed by atoms with Crippen LogP contribution in [-0.4, -0.2) is 50.7 Å². The monoisotopic (exact) mass is 280 g/mol. The number of phenols is 2. The summed E-state index contributed by atoms with van der Waals surface area (Å²) in [5.41, 5.74) is 6.18. The fourth-order valence-corrected chi connectivity index (χ4v) is 2.31. The lowest BCUT2D eigenvalue weighted by Crippen LogP contribution is -2.44. The number of benzene rings is 1. The predicted molar refractivity (Wildman–Crippen MR) is 69.2 cm³/mol. The lowest BCUT2D eigenvalue weighted by atomic mass is 10.0. The predicted octanol–water partition coefficient (Wildman–Crippen LogP) is -0.347. The van der Waals surface area contributed by atoms with Gasteiger partial charge in [-0.2, -0.15) is 0 Å². The maximum atomic E-state index is 11.7. The number of likely N-dealkylation sites (tertiary alicyclic amines) is 1. The topological polar surface area (TPSA) is 124 Å². The fraction of sp³-hybridized carbons (Fsp3) is 0.385. The van der Waals surface area contributed by atoms with Crippen molar-refractivity contribution in [2.45, 2.75) is 24.9 Å². The van der Waals surface area contributed by atoms with E-state index >= 15 is 0 Å². The number of hydrogen-bond donors (Lipinski definition) is 4. The molecule has 0 bridgehead atoms. The van der Waals surface area contributed by atoms with Crippen LogP contribution >= 0.6 is 0 Å². The fourth-order valence-electron chi connectivity index (χ4n) is 2.31. The van der Waals surface area contributed by atoms with E-state index < -0.39 is 12.0 Å². The van der Waals surface area contributed by atoms with Crippen LogP contribution in [0.15, 0.2) is 18.2 Å². The maximum Gasteiger partial charge on any atom is 0.326 e. The lowest BCUT2D eigenvalue weighted by Gasteiger charge is -2.24. The molecular weight excluding hydrogens is 264 g/mol. The highest BCUT2D eigenvalue weighted by Crippen LogP contribution is 2.26. The zero-order chi connectivity index (χ0) is 14.9. The standard InChI is InChI=1S/C13H16N2O5/c14-8-5-12(18)15(6-8)9(13(19)20)3-7-1-2-10(16)11(17)4-7/h1-2,4,8-9,16-17H,3,5-6,14H2,(H,19,20). The molecule has 1 aliphatic rings. The second-order valence-electron chi connectivity index (χ2n) is 4.89. The van der Waals surface area contributed by atoms with Gasteiger partial charge in [0.2, 0.25) is 5.91 Å². The molecule has 7 heteroatoms. The van der Waals surface area contributed by atoms with Crippen molar-refractivity contribution in [1.29, 1.82) is 0 Å². The molecule has 1 fully saturated rings. The van der Waals surface area contributed by atoms with Gasteiger partial charge in [0.05, 0.1) is 0 Å². The van der Waals surface area contributed by atoms with E-state index in [4.69, 9.17) is 5.73 Å². The van der Waals surface area contributed by atoms with Crippen molar-refractivity contribution in [3.8, 4) is 11.5 Å². The highest BCUT2D eigenvalue weighted by atomic mass is 16.4. The van der Waals surface area contributed by atoms with Gasteiger partial charge in [-0.3, -0.25) is 4.79 Å². The van der Waals surface area contributed by atoms with E-state index in [-0.39, 0.29) is 42.8 Å². The number of amides is 1. The van der Waals surface area contributed by atoms with Crippen LogP contribution in [0.5, 0.6) is 11.5 Å². The van der Waals surface area contributed by atoms with Gasteiger partial charge in [-0.25, -0.2) is 4.79 Å². The molecule has 1 aromatic rings. The molecule has 0 radical (unpaired) electrons. The Morgan fingerprint density at radius 1 is 1.40 bits per heavy atom. The number of hydrogen-bond acceptors (Lipinski definition) is 5. The molecule has 20 heavy (non-hydrogen) atoms. The molecule has 2 atom stereocenters. The average molecular weight is 280 g/mol. The van der Waals surface area contributed by atoms with Crippen LogP contribution in [0, 0.1) is 0 Å². The van der Waals surface area contributed by atoms with Gasteiger partial charge < -0.3 is 26.0 Å². The van der Waals surface area contributed by atoms with E-state index in [1.54, 1.807) is 0 Å². The smallest absolute Gasteiger partial charge is 0.326 e. The van der Waals surface area contributed by atoms with Crippen molar-refractivity contribution in [1.82, 2.24) is 4.90 Å². The number of carbonyl (C=O) groups is 2. The summed E-state index contributed by atoms with van der Waals surface area (Å²) in [7, 11) is 0. The van der Waals surface area contributed by atoms with E-state index in [1.807, 2.05) is 0 Å². The molecule has 108 valence electrons. The first-order chi connectivity index (χ1) is 9.38. The van der Waals surface area contributed by atoms with Crippen LogP contribution in [0.3, 0.4) is 0 Å². The third-order valence-electron chi connectivity index (χ3n) is 3.32. The minimum absolute atomic E-state index is 0.0433. The van der Waals surface area contributed by atoms with Gasteiger partial charge in [-0.15, -0.1) is 0 Å². The van der Waals surface area contributed by atoms with E-state index in [1.165, 1.54) is 23.1 Å². The number of nitrogens with two attached hydrogens (primary N) is 1. The van der Waals surface area contributed by atoms with Crippen molar-refractivity contribution >= 4 is 11.9 Å². The van der Waals surface area contributed by atoms with Gasteiger partial charge in [0.15, 0.2) is 11.5 Å². The summed E-state index contributed by atoms with van der Waals surface area (Å²) in [4.78, 5) is 24.3. The summed E-state index contributed by atoms with van der Waals surface area (Å²) in [6, 6.07) is 2.69. The Kier molecular flexibility index (Phi) is 3.80. The van der Waals surface area contributed by atoms with Crippen LogP contribution in [-0.2, 0) is 16.0 Å². The Morgan fingerprint density at radius 3 is 2.60 bits per heavy atom. The number of carbonyl (C=O) groups excluding carboxylic acids is 1. The molecular formula is C13H16N2O5. The maximum absolute atomic E-state index is 11.7. The number of nitrogens with zero attached hydrogens (tertiary/aromatic N) is 1. The van der Waals surface area contributed by atoms with Crippen LogP contribution in [0.25, 0.3) is 0 Å². The van der Waals surface area contributed by atoms with E-state index in [0.29, 0.717) is 5.56 Å². The van der Waals surface area contributed by atoms with Crippen molar-refractivity contribution in [3.05, 3.63) is 23.8 Å².